The number of rotatable bonds is 20. The van der Waals surface area contributed by atoms with Crippen LogP contribution < -0.4 is 32.3 Å². The van der Waals surface area contributed by atoms with Gasteiger partial charge in [0.05, 0.1) is 13.2 Å². The van der Waals surface area contributed by atoms with Crippen molar-refractivity contribution in [2.75, 3.05) is 32.8 Å². The summed E-state index contributed by atoms with van der Waals surface area (Å²) in [6, 6.07) is 3.76. The van der Waals surface area contributed by atoms with Gasteiger partial charge in [0.25, 0.3) is 0 Å². The second-order valence-corrected chi connectivity index (χ2v) is 15.7. The van der Waals surface area contributed by atoms with Crippen molar-refractivity contribution < 1.29 is 33.5 Å². The second kappa shape index (κ2) is 22.2. The molecule has 54 heavy (non-hydrogen) atoms. The third-order valence-electron chi connectivity index (χ3n) is 9.86. The normalized spacial score (nSPS) is 17.8. The smallest absolute Gasteiger partial charge is 0.243 e. The van der Waals surface area contributed by atoms with Crippen LogP contribution >= 0.6 is 0 Å². The fraction of sp³-hybridized carbons (Fsp3) is 0.650. The molecule has 1 saturated heterocycles. The molecule has 2 aliphatic rings. The minimum atomic E-state index is -1.02. The Morgan fingerprint density at radius 3 is 2.24 bits per heavy atom. The van der Waals surface area contributed by atoms with Gasteiger partial charge >= 0.3 is 0 Å². The van der Waals surface area contributed by atoms with Gasteiger partial charge in [0.1, 0.15) is 24.2 Å². The lowest BCUT2D eigenvalue weighted by Crippen LogP contribution is -2.59. The zero-order valence-corrected chi connectivity index (χ0v) is 32.7. The van der Waals surface area contributed by atoms with Crippen LogP contribution in [0.2, 0.25) is 0 Å². The van der Waals surface area contributed by atoms with Crippen LogP contribution in [0.25, 0.3) is 0 Å². The Morgan fingerprint density at radius 1 is 0.889 bits per heavy atom. The number of nitrogens with one attached hydrogen (secondary N) is 5. The fourth-order valence-electron chi connectivity index (χ4n) is 7.17. The summed E-state index contributed by atoms with van der Waals surface area (Å²) in [5, 5.41) is 14.4. The van der Waals surface area contributed by atoms with E-state index in [9.17, 15) is 28.8 Å². The third-order valence-corrected chi connectivity index (χ3v) is 9.86. The number of benzene rings is 1. The van der Waals surface area contributed by atoms with Gasteiger partial charge < -0.3 is 42.0 Å². The highest BCUT2D eigenvalue weighted by atomic mass is 16.5. The lowest BCUT2D eigenvalue weighted by atomic mass is 9.84. The van der Waals surface area contributed by atoms with Crippen LogP contribution in [-0.2, 0) is 46.5 Å². The Balaban J connectivity index is 1.84. The van der Waals surface area contributed by atoms with Crippen LogP contribution in [0.5, 0.6) is 0 Å². The van der Waals surface area contributed by atoms with Crippen LogP contribution in [0.3, 0.4) is 0 Å². The van der Waals surface area contributed by atoms with E-state index in [1.54, 1.807) is 4.90 Å². The first-order valence-electron chi connectivity index (χ1n) is 19.4. The highest BCUT2D eigenvalue weighted by molar-refractivity contribution is 5.95. The van der Waals surface area contributed by atoms with E-state index in [1.165, 1.54) is 13.0 Å². The molecule has 14 heteroatoms. The summed E-state index contributed by atoms with van der Waals surface area (Å²) in [6.45, 7) is 12.7. The number of amides is 6. The first-order valence-corrected chi connectivity index (χ1v) is 19.4. The van der Waals surface area contributed by atoms with Gasteiger partial charge in [-0.25, -0.2) is 0 Å². The zero-order chi connectivity index (χ0) is 39.7. The number of hydrogen-bond acceptors (Lipinski definition) is 8. The van der Waals surface area contributed by atoms with Crippen molar-refractivity contribution in [3.63, 3.8) is 0 Å². The van der Waals surface area contributed by atoms with Gasteiger partial charge in [-0.15, -0.1) is 0 Å². The Bertz CT molecular complexity index is 1440. The molecule has 1 aliphatic carbocycles. The van der Waals surface area contributed by atoms with Crippen LogP contribution in [-0.4, -0.2) is 97.4 Å². The minimum Gasteiger partial charge on any atom is -0.378 e. The molecule has 3 rings (SSSR count). The van der Waals surface area contributed by atoms with Crippen LogP contribution in [0.15, 0.2) is 36.9 Å². The molecule has 4 atom stereocenters. The van der Waals surface area contributed by atoms with Crippen molar-refractivity contribution in [1.29, 1.82) is 0 Å². The second-order valence-electron chi connectivity index (χ2n) is 15.7. The van der Waals surface area contributed by atoms with Gasteiger partial charge in [0.2, 0.25) is 35.4 Å². The Morgan fingerprint density at radius 2 is 1.57 bits per heavy atom. The predicted molar refractivity (Wildman–Crippen MR) is 207 cm³/mol. The fourth-order valence-corrected chi connectivity index (χ4v) is 7.17. The first kappa shape index (κ1) is 44.1. The quantitative estimate of drug-likeness (QED) is 0.0858. The van der Waals surface area contributed by atoms with E-state index in [-0.39, 0.29) is 56.2 Å². The monoisotopic (exact) mass is 753 g/mol. The van der Waals surface area contributed by atoms with Gasteiger partial charge in [-0.2, -0.15) is 0 Å². The summed E-state index contributed by atoms with van der Waals surface area (Å²) in [5.74, 6) is -2.07. The van der Waals surface area contributed by atoms with Gasteiger partial charge in [0, 0.05) is 39.5 Å². The topological polar surface area (TPSA) is 201 Å². The number of nitrogens with two attached hydrogens (primary N) is 1. The molecule has 0 spiro atoms. The molecule has 0 radical (unpaired) electrons. The Labute approximate surface area is 320 Å². The molecule has 7 N–H and O–H groups in total. The standard InChI is InChI=1S/C40H63N7O7/c1-6-35(49)43-26-30-15-10-14-29(22-30)24-31(36(50)42-18-21-54-20-17-41)44-38(52)33(25-40(3,4)5)46-37(51)32(23-28-12-8-7-9-13-28)45-39(53)34-16-11-19-47(34)27(2)48/h6,10,14-15,22,28,31-34H,1,7-9,11-13,16-21,23-26,41H2,2-5H3,(H,42,50)(H,43,49)(H,44,52)(H,45,53)(H,46,51)/t31-,32-,33-,34+/m0/s1. The van der Waals surface area contributed by atoms with E-state index in [1.807, 2.05) is 45.0 Å². The maximum absolute atomic E-state index is 14.2. The Hall–Kier alpha value is -4.30. The number of likely N-dealkylation sites (tertiary alicyclic amines) is 1. The van der Waals surface area contributed by atoms with E-state index >= 15 is 0 Å². The summed E-state index contributed by atoms with van der Waals surface area (Å²) in [7, 11) is 0. The number of carbonyl (C=O) groups excluding carboxylic acids is 6. The summed E-state index contributed by atoms with van der Waals surface area (Å²) in [6.07, 6.45) is 8.37. The number of carbonyl (C=O) groups is 6. The molecule has 0 bridgehead atoms. The molecule has 14 nitrogen and oxygen atoms in total. The van der Waals surface area contributed by atoms with Crippen molar-refractivity contribution in [3.05, 3.63) is 48.0 Å². The average Bonchev–Trinajstić information content (AvgIpc) is 3.64. The predicted octanol–water partition coefficient (Wildman–Crippen LogP) is 1.99. The highest BCUT2D eigenvalue weighted by Gasteiger charge is 2.37. The molecule has 6 amide bonds. The molecule has 1 saturated carbocycles. The highest BCUT2D eigenvalue weighted by Crippen LogP contribution is 2.28. The van der Waals surface area contributed by atoms with Crippen LogP contribution in [0, 0.1) is 11.3 Å². The molecular formula is C40H63N7O7. The van der Waals surface area contributed by atoms with Crippen molar-refractivity contribution in [3.8, 4) is 0 Å². The van der Waals surface area contributed by atoms with Crippen LogP contribution in [0.1, 0.15) is 96.6 Å². The van der Waals surface area contributed by atoms with Gasteiger partial charge in [0.15, 0.2) is 0 Å². The zero-order valence-electron chi connectivity index (χ0n) is 32.7. The average molecular weight is 754 g/mol. The summed E-state index contributed by atoms with van der Waals surface area (Å²) in [4.78, 5) is 81.1. The molecule has 1 aliphatic heterocycles. The SMILES string of the molecule is C=CC(=O)NCc1cccc(C[C@H](NC(=O)[C@H](CC(C)(C)C)NC(=O)[C@H](CC2CCCCC2)NC(=O)[C@H]2CCCN2C(C)=O)C(=O)NCCOCCN)c1. The van der Waals surface area contributed by atoms with Crippen molar-refractivity contribution in [1.82, 2.24) is 31.5 Å². The number of nitrogens with zero attached hydrogens (tertiary/aromatic N) is 1. The van der Waals surface area contributed by atoms with E-state index < -0.39 is 47.3 Å². The molecule has 300 valence electrons. The lowest BCUT2D eigenvalue weighted by molar-refractivity contribution is -0.139. The maximum Gasteiger partial charge on any atom is 0.243 e. The van der Waals surface area contributed by atoms with Gasteiger partial charge in [-0.05, 0) is 54.2 Å². The van der Waals surface area contributed by atoms with Crippen molar-refractivity contribution in [2.24, 2.45) is 17.1 Å². The summed E-state index contributed by atoms with van der Waals surface area (Å²) < 4.78 is 5.41. The first-order chi connectivity index (χ1) is 25.7. The van der Waals surface area contributed by atoms with E-state index in [0.29, 0.717) is 39.0 Å². The largest absolute Gasteiger partial charge is 0.378 e. The van der Waals surface area contributed by atoms with Crippen molar-refractivity contribution in [2.45, 2.75) is 123 Å². The molecule has 1 heterocycles. The summed E-state index contributed by atoms with van der Waals surface area (Å²) >= 11 is 0. The van der Waals surface area contributed by atoms with Crippen LogP contribution in [0.4, 0.5) is 0 Å². The number of hydrogen-bond donors (Lipinski definition) is 6. The number of ether oxygens (including phenoxy) is 1. The molecule has 2 fully saturated rings. The maximum atomic E-state index is 14.2. The molecule has 0 unspecified atom stereocenters. The molecule has 1 aromatic carbocycles. The minimum absolute atomic E-state index is 0.134. The Kier molecular flexibility index (Phi) is 18.1. The third kappa shape index (κ3) is 15.2. The van der Waals surface area contributed by atoms with Gasteiger partial charge in [-0.3, -0.25) is 28.8 Å². The molecule has 1 aromatic rings. The van der Waals surface area contributed by atoms with Crippen molar-refractivity contribution >= 4 is 35.4 Å². The van der Waals surface area contributed by atoms with E-state index in [4.69, 9.17) is 10.5 Å². The molecular weight excluding hydrogens is 690 g/mol. The lowest BCUT2D eigenvalue weighted by Gasteiger charge is -2.32. The van der Waals surface area contributed by atoms with E-state index in [0.717, 1.165) is 43.2 Å². The molecule has 0 aromatic heterocycles. The van der Waals surface area contributed by atoms with Gasteiger partial charge in [-0.1, -0.05) is 83.7 Å². The summed E-state index contributed by atoms with van der Waals surface area (Å²) in [5.41, 5.74) is 6.66. The van der Waals surface area contributed by atoms with E-state index in [2.05, 4.69) is 33.2 Å².